The van der Waals surface area contributed by atoms with Gasteiger partial charge in [-0.15, -0.1) is 0 Å². The van der Waals surface area contributed by atoms with E-state index >= 15 is 0 Å². The molecule has 0 saturated carbocycles. The van der Waals surface area contributed by atoms with Crippen LogP contribution in [0, 0.1) is 5.82 Å². The van der Waals surface area contributed by atoms with Crippen molar-refractivity contribution in [3.8, 4) is 5.75 Å². The van der Waals surface area contributed by atoms with Gasteiger partial charge in [-0.1, -0.05) is 24.3 Å². The molecule has 1 saturated heterocycles. The largest absolute Gasteiger partial charge is 0.494 e. The van der Waals surface area contributed by atoms with E-state index in [1.165, 1.54) is 17.0 Å². The maximum atomic E-state index is 13.6. The number of anilines is 1. The van der Waals surface area contributed by atoms with E-state index in [2.05, 4.69) is 0 Å². The fraction of sp³-hybridized carbons (Fsp3) is 0.160. The number of carbonyl (C=O) groups excluding carboxylic acids is 3. The van der Waals surface area contributed by atoms with Crippen molar-refractivity contribution in [3.63, 3.8) is 0 Å². The number of hydrogen-bond donors (Lipinski definition) is 0. The van der Waals surface area contributed by atoms with Crippen molar-refractivity contribution in [2.45, 2.75) is 19.0 Å². The van der Waals surface area contributed by atoms with Crippen LogP contribution >= 0.6 is 0 Å². The molecule has 0 N–H and O–H groups in total. The van der Waals surface area contributed by atoms with E-state index in [0.717, 1.165) is 4.90 Å². The first-order valence-electron chi connectivity index (χ1n) is 10.3. The Morgan fingerprint density at radius 2 is 1.38 bits per heavy atom. The number of halogens is 1. The number of amides is 3. The average Bonchev–Trinajstić information content (AvgIpc) is 3.05. The highest BCUT2D eigenvalue weighted by molar-refractivity contribution is 6.24. The van der Waals surface area contributed by atoms with Gasteiger partial charge in [0.15, 0.2) is 0 Å². The fourth-order valence-corrected chi connectivity index (χ4v) is 4.33. The zero-order valence-electron chi connectivity index (χ0n) is 17.2. The highest BCUT2D eigenvalue weighted by Crippen LogP contribution is 2.44. The molecular formula is C25H19FN2O4. The van der Waals surface area contributed by atoms with Crippen molar-refractivity contribution >= 4 is 23.4 Å². The predicted molar refractivity (Wildman–Crippen MR) is 115 cm³/mol. The standard InChI is InChI=1S/C25H19FN2O4/c1-2-32-18-13-11-17(12-14-18)27-21(15-7-9-16(26)10-8-15)22(25(27)31)28-23(29)19-5-3-4-6-20(19)24(28)30/h3-14,21-22H,2H2,1H3/t21-,22+/m0/s1. The molecule has 3 amide bonds. The molecule has 3 aromatic carbocycles. The van der Waals surface area contributed by atoms with Crippen LogP contribution < -0.4 is 9.64 Å². The molecule has 5 rings (SSSR count). The summed E-state index contributed by atoms with van der Waals surface area (Å²) in [4.78, 5) is 42.0. The van der Waals surface area contributed by atoms with Crippen LogP contribution in [-0.2, 0) is 4.79 Å². The molecule has 0 unspecified atom stereocenters. The number of carbonyl (C=O) groups is 3. The molecular weight excluding hydrogens is 411 g/mol. The molecule has 7 heteroatoms. The van der Waals surface area contributed by atoms with Crippen molar-refractivity contribution in [2.24, 2.45) is 0 Å². The van der Waals surface area contributed by atoms with Gasteiger partial charge in [-0.25, -0.2) is 4.39 Å². The molecule has 2 aliphatic rings. The number of β-lactam (4-membered cyclic amide) rings is 1. The molecule has 160 valence electrons. The third-order valence-electron chi connectivity index (χ3n) is 5.81. The lowest BCUT2D eigenvalue weighted by Gasteiger charge is -2.49. The van der Waals surface area contributed by atoms with E-state index in [1.54, 1.807) is 60.7 Å². The van der Waals surface area contributed by atoms with E-state index in [-0.39, 0.29) is 17.0 Å². The Hall–Kier alpha value is -4.00. The summed E-state index contributed by atoms with van der Waals surface area (Å²) in [6, 6.07) is 17.6. The highest BCUT2D eigenvalue weighted by Gasteiger charge is 2.57. The number of nitrogens with zero attached hydrogens (tertiary/aromatic N) is 2. The number of benzene rings is 3. The van der Waals surface area contributed by atoms with E-state index < -0.39 is 29.7 Å². The highest BCUT2D eigenvalue weighted by atomic mass is 19.1. The Kier molecular flexibility index (Phi) is 4.74. The van der Waals surface area contributed by atoms with E-state index in [0.29, 0.717) is 23.6 Å². The SMILES string of the molecule is CCOc1ccc(N2C(=O)[C@H](N3C(=O)c4ccccc4C3=O)[C@@H]2c2ccc(F)cc2)cc1. The first kappa shape index (κ1) is 19.9. The van der Waals surface area contributed by atoms with Crippen molar-refractivity contribution in [1.29, 1.82) is 0 Å². The lowest BCUT2D eigenvalue weighted by Crippen LogP contribution is -2.67. The average molecular weight is 430 g/mol. The van der Waals surface area contributed by atoms with Crippen LogP contribution in [-0.4, -0.2) is 35.3 Å². The van der Waals surface area contributed by atoms with Gasteiger partial charge >= 0.3 is 0 Å². The third-order valence-corrected chi connectivity index (χ3v) is 5.81. The zero-order valence-corrected chi connectivity index (χ0v) is 17.2. The molecule has 0 bridgehead atoms. The minimum atomic E-state index is -1.01. The Labute approximate surface area is 183 Å². The monoisotopic (exact) mass is 430 g/mol. The maximum absolute atomic E-state index is 13.6. The molecule has 1 fully saturated rings. The quantitative estimate of drug-likeness (QED) is 0.454. The summed E-state index contributed by atoms with van der Waals surface area (Å²) in [5.74, 6) is -1.12. The molecule has 6 nitrogen and oxygen atoms in total. The Morgan fingerprint density at radius 3 is 1.94 bits per heavy atom. The van der Waals surface area contributed by atoms with Crippen LogP contribution in [0.25, 0.3) is 0 Å². The van der Waals surface area contributed by atoms with Gasteiger partial charge in [0.2, 0.25) is 0 Å². The van der Waals surface area contributed by atoms with E-state index in [4.69, 9.17) is 4.74 Å². The molecule has 32 heavy (non-hydrogen) atoms. The summed E-state index contributed by atoms with van der Waals surface area (Å²) >= 11 is 0. The van der Waals surface area contributed by atoms with Crippen LogP contribution in [0.2, 0.25) is 0 Å². The van der Waals surface area contributed by atoms with Gasteiger partial charge in [-0.3, -0.25) is 19.3 Å². The van der Waals surface area contributed by atoms with Crippen LogP contribution in [0.5, 0.6) is 5.75 Å². The van der Waals surface area contributed by atoms with Crippen molar-refractivity contribution in [3.05, 3.63) is 95.3 Å². The lowest BCUT2D eigenvalue weighted by molar-refractivity contribution is -0.130. The van der Waals surface area contributed by atoms with Crippen LogP contribution in [0.1, 0.15) is 39.2 Å². The first-order chi connectivity index (χ1) is 15.5. The predicted octanol–water partition coefficient (Wildman–Crippen LogP) is 3.98. The topological polar surface area (TPSA) is 66.9 Å². The van der Waals surface area contributed by atoms with E-state index in [9.17, 15) is 18.8 Å². The zero-order chi connectivity index (χ0) is 22.4. The summed E-state index contributed by atoms with van der Waals surface area (Å²) in [6.45, 7) is 2.39. The number of hydrogen-bond acceptors (Lipinski definition) is 4. The van der Waals surface area contributed by atoms with Gasteiger partial charge in [0.05, 0.1) is 23.8 Å². The molecule has 0 aliphatic carbocycles. The Morgan fingerprint density at radius 1 is 0.781 bits per heavy atom. The summed E-state index contributed by atoms with van der Waals surface area (Å²) in [5.41, 5.74) is 1.78. The van der Waals surface area contributed by atoms with Crippen molar-refractivity contribution in [2.75, 3.05) is 11.5 Å². The van der Waals surface area contributed by atoms with Crippen molar-refractivity contribution in [1.82, 2.24) is 4.90 Å². The second-order valence-corrected chi connectivity index (χ2v) is 7.60. The van der Waals surface area contributed by atoms with Crippen LogP contribution in [0.3, 0.4) is 0 Å². The molecule has 3 aromatic rings. The molecule has 0 radical (unpaired) electrons. The van der Waals surface area contributed by atoms with Crippen LogP contribution in [0.15, 0.2) is 72.8 Å². The minimum Gasteiger partial charge on any atom is -0.494 e. The minimum absolute atomic E-state index is 0.280. The summed E-state index contributed by atoms with van der Waals surface area (Å²) in [6.07, 6.45) is 0. The first-order valence-corrected chi connectivity index (χ1v) is 10.3. The molecule has 2 atom stereocenters. The normalized spacial score (nSPS) is 19.8. The Bertz CT molecular complexity index is 1190. The maximum Gasteiger partial charge on any atom is 0.262 e. The second-order valence-electron chi connectivity index (χ2n) is 7.60. The molecule has 0 spiro atoms. The van der Waals surface area contributed by atoms with E-state index in [1.807, 2.05) is 6.92 Å². The second kappa shape index (κ2) is 7.60. The number of fused-ring (bicyclic) bond motifs is 1. The smallest absolute Gasteiger partial charge is 0.262 e. The van der Waals surface area contributed by atoms with Gasteiger partial charge in [0, 0.05) is 5.69 Å². The van der Waals surface area contributed by atoms with Crippen molar-refractivity contribution < 1.29 is 23.5 Å². The molecule has 2 aliphatic heterocycles. The lowest BCUT2D eigenvalue weighted by atomic mass is 9.86. The Balaban J connectivity index is 1.54. The van der Waals surface area contributed by atoms with Gasteiger partial charge in [0.1, 0.15) is 17.6 Å². The fourth-order valence-electron chi connectivity index (χ4n) is 4.33. The molecule has 2 heterocycles. The van der Waals surface area contributed by atoms with Crippen LogP contribution in [0.4, 0.5) is 10.1 Å². The van der Waals surface area contributed by atoms with Gasteiger partial charge in [-0.2, -0.15) is 0 Å². The van der Waals surface area contributed by atoms with Gasteiger partial charge < -0.3 is 9.64 Å². The summed E-state index contributed by atoms with van der Waals surface area (Å²) in [5, 5.41) is 0. The number of ether oxygens (including phenoxy) is 1. The third kappa shape index (κ3) is 2.97. The summed E-state index contributed by atoms with van der Waals surface area (Å²) in [7, 11) is 0. The van der Waals surface area contributed by atoms with Gasteiger partial charge in [-0.05, 0) is 61.0 Å². The number of rotatable bonds is 5. The summed E-state index contributed by atoms with van der Waals surface area (Å²) < 4.78 is 19.0. The molecule has 0 aromatic heterocycles. The van der Waals surface area contributed by atoms with Gasteiger partial charge in [0.25, 0.3) is 17.7 Å². The number of imide groups is 1.